The topological polar surface area (TPSA) is 169 Å². The van der Waals surface area contributed by atoms with E-state index < -0.39 is 18.1 Å². The summed E-state index contributed by atoms with van der Waals surface area (Å²) in [4.78, 5) is 39.8. The van der Waals surface area contributed by atoms with Crippen molar-refractivity contribution in [3.63, 3.8) is 0 Å². The Labute approximate surface area is 254 Å². The Morgan fingerprint density at radius 1 is 0.488 bits per heavy atom. The minimum Gasteiger partial charge on any atom is -0.353 e. The molecule has 0 radical (unpaired) electrons. The monoisotopic (exact) mass is 587 g/mol. The number of nitrogens with two attached hydrogens (primary N) is 3. The van der Waals surface area contributed by atoms with Gasteiger partial charge in [0, 0.05) is 39.3 Å². The summed E-state index contributed by atoms with van der Waals surface area (Å²) in [7, 11) is 0. The van der Waals surface area contributed by atoms with Crippen LogP contribution >= 0.6 is 0 Å². The van der Waals surface area contributed by atoms with Crippen LogP contribution in [0.25, 0.3) is 0 Å². The van der Waals surface area contributed by atoms with Gasteiger partial charge in [-0.15, -0.1) is 0 Å². The Bertz CT molecular complexity index is 1090. The highest BCUT2D eigenvalue weighted by Crippen LogP contribution is 2.04. The molecule has 10 heteroatoms. The quantitative estimate of drug-likeness (QED) is 0.125. The Hall–Kier alpha value is -4.09. The smallest absolute Gasteiger partial charge is 0.237 e. The van der Waals surface area contributed by atoms with Gasteiger partial charge in [0.25, 0.3) is 0 Å². The highest BCUT2D eigenvalue weighted by atomic mass is 16.2. The standard InChI is InChI=1S/C33H45N7O3/c34-28(22-25-10-4-1-5-11-25)31(41)37-16-19-40(20-17-38-32(42)29(35)23-26-12-6-2-7-13-26)21-18-39-33(43)30(36)24-27-14-8-3-9-15-27/h1-15,28-30H,16-24,34-36H2,(H,37,41)(H,38,42)(H,39,43)/t28-,29-,30-/m0/s1. The van der Waals surface area contributed by atoms with Crippen LogP contribution in [0.4, 0.5) is 0 Å². The molecule has 10 nitrogen and oxygen atoms in total. The van der Waals surface area contributed by atoms with E-state index >= 15 is 0 Å². The molecule has 3 rings (SSSR count). The minimum absolute atomic E-state index is 0.232. The number of amides is 3. The molecular weight excluding hydrogens is 542 g/mol. The van der Waals surface area contributed by atoms with Crippen LogP contribution in [-0.2, 0) is 33.6 Å². The van der Waals surface area contributed by atoms with Crippen molar-refractivity contribution in [3.05, 3.63) is 108 Å². The Morgan fingerprint density at radius 2 is 0.744 bits per heavy atom. The first-order chi connectivity index (χ1) is 20.8. The first-order valence-corrected chi connectivity index (χ1v) is 14.8. The summed E-state index contributed by atoms with van der Waals surface area (Å²) >= 11 is 0. The minimum atomic E-state index is -0.661. The second kappa shape index (κ2) is 18.4. The molecule has 0 saturated carbocycles. The predicted molar refractivity (Wildman–Crippen MR) is 170 cm³/mol. The van der Waals surface area contributed by atoms with Gasteiger partial charge in [0.15, 0.2) is 0 Å². The Morgan fingerprint density at radius 3 is 1.00 bits per heavy atom. The fraction of sp³-hybridized carbons (Fsp3) is 0.364. The van der Waals surface area contributed by atoms with Crippen molar-refractivity contribution in [1.82, 2.24) is 20.9 Å². The van der Waals surface area contributed by atoms with Crippen molar-refractivity contribution in [2.24, 2.45) is 17.2 Å². The van der Waals surface area contributed by atoms with E-state index in [-0.39, 0.29) is 17.7 Å². The van der Waals surface area contributed by atoms with E-state index in [1.165, 1.54) is 0 Å². The van der Waals surface area contributed by atoms with Crippen molar-refractivity contribution in [3.8, 4) is 0 Å². The van der Waals surface area contributed by atoms with Gasteiger partial charge in [0.05, 0.1) is 18.1 Å². The van der Waals surface area contributed by atoms with Gasteiger partial charge >= 0.3 is 0 Å². The van der Waals surface area contributed by atoms with Crippen molar-refractivity contribution in [1.29, 1.82) is 0 Å². The molecule has 0 fully saturated rings. The van der Waals surface area contributed by atoms with Crippen LogP contribution in [-0.4, -0.2) is 80.0 Å². The van der Waals surface area contributed by atoms with Gasteiger partial charge in [-0.2, -0.15) is 0 Å². The first kappa shape index (κ1) is 33.4. The average molecular weight is 588 g/mol. The maximum atomic E-state index is 12.6. The summed E-state index contributed by atoms with van der Waals surface area (Å²) in [6.45, 7) is 2.60. The third-order valence-electron chi connectivity index (χ3n) is 7.09. The number of benzene rings is 3. The van der Waals surface area contributed by atoms with Crippen LogP contribution in [0.3, 0.4) is 0 Å². The number of nitrogens with zero attached hydrogens (tertiary/aromatic N) is 1. The largest absolute Gasteiger partial charge is 0.353 e. The molecule has 0 bridgehead atoms. The molecule has 0 saturated heterocycles. The second-order valence-electron chi connectivity index (χ2n) is 10.6. The number of carbonyl (C=O) groups excluding carboxylic acids is 3. The van der Waals surface area contributed by atoms with Gasteiger partial charge in [-0.3, -0.25) is 19.3 Å². The SMILES string of the molecule is N[C@@H](Cc1ccccc1)C(=O)NCCN(CCNC(=O)[C@@H](N)Cc1ccccc1)CCNC(=O)[C@@H](N)Cc1ccccc1. The zero-order chi connectivity index (χ0) is 30.9. The lowest BCUT2D eigenvalue weighted by Crippen LogP contribution is -2.49. The van der Waals surface area contributed by atoms with Crippen molar-refractivity contribution < 1.29 is 14.4 Å². The van der Waals surface area contributed by atoms with Gasteiger partial charge in [-0.25, -0.2) is 0 Å². The van der Waals surface area contributed by atoms with Crippen molar-refractivity contribution >= 4 is 17.7 Å². The van der Waals surface area contributed by atoms with E-state index in [2.05, 4.69) is 20.9 Å². The third kappa shape index (κ3) is 12.8. The molecule has 0 aliphatic heterocycles. The van der Waals surface area contributed by atoms with E-state index in [0.29, 0.717) is 58.5 Å². The number of hydrogen-bond acceptors (Lipinski definition) is 7. The fourth-order valence-electron chi connectivity index (χ4n) is 4.62. The number of carbonyl (C=O) groups is 3. The highest BCUT2D eigenvalue weighted by Gasteiger charge is 2.17. The van der Waals surface area contributed by atoms with Crippen LogP contribution in [0, 0.1) is 0 Å². The first-order valence-electron chi connectivity index (χ1n) is 14.8. The van der Waals surface area contributed by atoms with Gasteiger partial charge in [0.2, 0.25) is 17.7 Å². The lowest BCUT2D eigenvalue weighted by molar-refractivity contribution is -0.122. The predicted octanol–water partition coefficient (Wildman–Crippen LogP) is 0.347. The van der Waals surface area contributed by atoms with E-state index in [0.717, 1.165) is 16.7 Å². The van der Waals surface area contributed by atoms with Crippen LogP contribution in [0.1, 0.15) is 16.7 Å². The number of hydrogen-bond donors (Lipinski definition) is 6. The molecule has 0 aliphatic rings. The Kier molecular flexibility index (Phi) is 14.3. The molecule has 0 unspecified atom stereocenters. The molecule has 3 aromatic carbocycles. The molecule has 9 N–H and O–H groups in total. The zero-order valence-electron chi connectivity index (χ0n) is 24.7. The summed E-state index contributed by atoms with van der Waals surface area (Å²) < 4.78 is 0. The van der Waals surface area contributed by atoms with E-state index in [4.69, 9.17) is 17.2 Å². The zero-order valence-corrected chi connectivity index (χ0v) is 24.7. The van der Waals surface area contributed by atoms with E-state index in [1.807, 2.05) is 91.0 Å². The van der Waals surface area contributed by atoms with Gasteiger partial charge in [-0.1, -0.05) is 91.0 Å². The third-order valence-corrected chi connectivity index (χ3v) is 7.09. The fourth-order valence-corrected chi connectivity index (χ4v) is 4.62. The maximum absolute atomic E-state index is 12.6. The molecule has 3 atom stereocenters. The maximum Gasteiger partial charge on any atom is 0.237 e. The van der Waals surface area contributed by atoms with Gasteiger partial charge in [-0.05, 0) is 36.0 Å². The summed E-state index contributed by atoms with van der Waals surface area (Å²) in [5.41, 5.74) is 21.3. The molecule has 0 spiro atoms. The summed E-state index contributed by atoms with van der Waals surface area (Å²) in [6.07, 6.45) is 1.34. The summed E-state index contributed by atoms with van der Waals surface area (Å²) in [5, 5.41) is 8.71. The van der Waals surface area contributed by atoms with Crippen LogP contribution in [0.15, 0.2) is 91.0 Å². The molecule has 43 heavy (non-hydrogen) atoms. The van der Waals surface area contributed by atoms with Gasteiger partial charge < -0.3 is 33.2 Å². The normalized spacial score (nSPS) is 13.1. The van der Waals surface area contributed by atoms with Gasteiger partial charge in [0.1, 0.15) is 0 Å². The second-order valence-corrected chi connectivity index (χ2v) is 10.6. The molecule has 3 amide bonds. The molecule has 0 aromatic heterocycles. The number of rotatable bonds is 18. The van der Waals surface area contributed by atoms with Crippen LogP contribution in [0.2, 0.25) is 0 Å². The van der Waals surface area contributed by atoms with Crippen LogP contribution in [0.5, 0.6) is 0 Å². The molecular formula is C33H45N7O3. The lowest BCUT2D eigenvalue weighted by atomic mass is 10.1. The average Bonchev–Trinajstić information content (AvgIpc) is 3.02. The van der Waals surface area contributed by atoms with E-state index in [1.54, 1.807) is 0 Å². The molecule has 0 heterocycles. The highest BCUT2D eigenvalue weighted by molar-refractivity contribution is 5.82. The van der Waals surface area contributed by atoms with Crippen molar-refractivity contribution in [2.45, 2.75) is 37.4 Å². The molecule has 0 aliphatic carbocycles. The summed E-state index contributed by atoms with van der Waals surface area (Å²) in [6, 6.07) is 26.9. The number of nitrogens with one attached hydrogen (secondary N) is 3. The summed E-state index contributed by atoms with van der Waals surface area (Å²) in [5.74, 6) is -0.697. The lowest BCUT2D eigenvalue weighted by Gasteiger charge is -2.24. The Balaban J connectivity index is 1.46. The van der Waals surface area contributed by atoms with Crippen LogP contribution < -0.4 is 33.2 Å². The molecule has 230 valence electrons. The van der Waals surface area contributed by atoms with E-state index in [9.17, 15) is 14.4 Å². The van der Waals surface area contributed by atoms with Crippen molar-refractivity contribution in [2.75, 3.05) is 39.3 Å². The molecule has 3 aromatic rings.